The smallest absolute Gasteiger partial charge is 0.0799 e. The van der Waals surface area contributed by atoms with Crippen LogP contribution in [0.25, 0.3) is 0 Å². The highest BCUT2D eigenvalue weighted by Gasteiger charge is 2.23. The molecule has 0 spiro atoms. The van der Waals surface area contributed by atoms with Crippen LogP contribution in [0.4, 0.5) is 0 Å². The fourth-order valence-corrected chi connectivity index (χ4v) is 1.87. The van der Waals surface area contributed by atoms with Crippen molar-refractivity contribution in [2.45, 2.75) is 32.8 Å². The highest BCUT2D eigenvalue weighted by atomic mass is 16.6. The average molecular weight is 172 g/mol. The van der Waals surface area contributed by atoms with E-state index < -0.39 is 0 Å². The summed E-state index contributed by atoms with van der Waals surface area (Å²) in [4.78, 5) is 7.32. The minimum Gasteiger partial charge on any atom is -0.303 e. The van der Waals surface area contributed by atoms with Crippen molar-refractivity contribution in [3.63, 3.8) is 0 Å². The summed E-state index contributed by atoms with van der Waals surface area (Å²) in [7, 11) is 0. The Hall–Kier alpha value is -0.120. The predicted octanol–water partition coefficient (Wildman–Crippen LogP) is 0.997. The molecule has 1 aliphatic rings. The zero-order valence-electron chi connectivity index (χ0n) is 8.12. The van der Waals surface area contributed by atoms with E-state index >= 15 is 0 Å². The molecule has 3 heteroatoms. The van der Waals surface area contributed by atoms with Gasteiger partial charge in [-0.3, -0.25) is 0 Å². The Labute approximate surface area is 74.8 Å². The van der Waals surface area contributed by atoms with Crippen LogP contribution < -0.4 is 5.90 Å². The second-order valence-electron chi connectivity index (χ2n) is 3.64. The van der Waals surface area contributed by atoms with E-state index in [1.54, 1.807) is 0 Å². The van der Waals surface area contributed by atoms with E-state index in [2.05, 4.69) is 18.7 Å². The Morgan fingerprint density at radius 2 is 2.42 bits per heavy atom. The molecular formula is C9H20N2O. The number of nitrogens with two attached hydrogens (primary N) is 1. The lowest BCUT2D eigenvalue weighted by Crippen LogP contribution is -2.40. The Balaban J connectivity index is 2.34. The monoisotopic (exact) mass is 172 g/mol. The molecule has 0 amide bonds. The molecule has 12 heavy (non-hydrogen) atoms. The lowest BCUT2D eigenvalue weighted by atomic mass is 9.93. The first-order valence-corrected chi connectivity index (χ1v) is 4.85. The summed E-state index contributed by atoms with van der Waals surface area (Å²) in [6, 6.07) is 0. The molecule has 0 bridgehead atoms. The molecule has 1 heterocycles. The van der Waals surface area contributed by atoms with Crippen molar-refractivity contribution < 1.29 is 4.84 Å². The summed E-state index contributed by atoms with van der Waals surface area (Å²) < 4.78 is 0. The Bertz CT molecular complexity index is 128. The van der Waals surface area contributed by atoms with Crippen LogP contribution in [0.15, 0.2) is 0 Å². The van der Waals surface area contributed by atoms with E-state index in [4.69, 9.17) is 10.7 Å². The molecule has 1 rings (SSSR count). The summed E-state index contributed by atoms with van der Waals surface area (Å²) in [5, 5.41) is 0. The first-order chi connectivity index (χ1) is 5.77. The van der Waals surface area contributed by atoms with Crippen molar-refractivity contribution >= 4 is 0 Å². The molecule has 0 aromatic rings. The summed E-state index contributed by atoms with van der Waals surface area (Å²) >= 11 is 0. The van der Waals surface area contributed by atoms with Crippen molar-refractivity contribution in [3.05, 3.63) is 0 Å². The van der Waals surface area contributed by atoms with Gasteiger partial charge in [-0.15, -0.1) is 0 Å². The lowest BCUT2D eigenvalue weighted by Gasteiger charge is -2.34. The van der Waals surface area contributed by atoms with E-state index in [0.29, 0.717) is 5.92 Å². The molecule has 0 saturated carbocycles. The molecule has 0 aliphatic carbocycles. The summed E-state index contributed by atoms with van der Waals surface area (Å²) in [5.74, 6) is 5.80. The second-order valence-corrected chi connectivity index (χ2v) is 3.64. The zero-order valence-corrected chi connectivity index (χ0v) is 8.12. The van der Waals surface area contributed by atoms with Crippen LogP contribution in [0, 0.1) is 5.92 Å². The molecule has 2 atom stereocenters. The molecule has 1 fully saturated rings. The van der Waals surface area contributed by atoms with Crippen molar-refractivity contribution in [1.29, 1.82) is 0 Å². The van der Waals surface area contributed by atoms with Gasteiger partial charge in [0, 0.05) is 6.54 Å². The van der Waals surface area contributed by atoms with Crippen LogP contribution in [-0.4, -0.2) is 30.6 Å². The van der Waals surface area contributed by atoms with Crippen LogP contribution >= 0.6 is 0 Å². The third-order valence-corrected chi connectivity index (χ3v) is 2.87. The maximum absolute atomic E-state index is 5.17. The quantitative estimate of drug-likeness (QED) is 0.645. The largest absolute Gasteiger partial charge is 0.303 e. The van der Waals surface area contributed by atoms with Crippen molar-refractivity contribution in [1.82, 2.24) is 4.90 Å². The molecule has 1 saturated heterocycles. The number of hydrogen-bond acceptors (Lipinski definition) is 3. The van der Waals surface area contributed by atoms with Crippen LogP contribution in [-0.2, 0) is 4.84 Å². The first-order valence-electron chi connectivity index (χ1n) is 4.85. The molecule has 0 aromatic carbocycles. The van der Waals surface area contributed by atoms with E-state index in [0.717, 1.165) is 13.1 Å². The zero-order chi connectivity index (χ0) is 8.97. The Morgan fingerprint density at radius 3 is 3.00 bits per heavy atom. The van der Waals surface area contributed by atoms with Crippen LogP contribution in [0.5, 0.6) is 0 Å². The average Bonchev–Trinajstić information content (AvgIpc) is 2.17. The standard InChI is InChI=1S/C9H20N2O/c1-3-11-6-4-5-9(7-11)8(2)12-10/h8-9H,3-7,10H2,1-2H3. The Kier molecular flexibility index (Phi) is 3.98. The van der Waals surface area contributed by atoms with Gasteiger partial charge in [-0.05, 0) is 38.8 Å². The molecular weight excluding hydrogens is 152 g/mol. The number of nitrogens with zero attached hydrogens (tertiary/aromatic N) is 1. The Morgan fingerprint density at radius 1 is 1.67 bits per heavy atom. The van der Waals surface area contributed by atoms with Gasteiger partial charge in [0.05, 0.1) is 6.10 Å². The number of rotatable bonds is 3. The van der Waals surface area contributed by atoms with Crippen LogP contribution in [0.2, 0.25) is 0 Å². The van der Waals surface area contributed by atoms with Crippen LogP contribution in [0.3, 0.4) is 0 Å². The van der Waals surface area contributed by atoms with Crippen LogP contribution in [0.1, 0.15) is 26.7 Å². The molecule has 2 unspecified atom stereocenters. The molecule has 72 valence electrons. The predicted molar refractivity (Wildman–Crippen MR) is 49.6 cm³/mol. The molecule has 2 N–H and O–H groups in total. The minimum absolute atomic E-state index is 0.208. The lowest BCUT2D eigenvalue weighted by molar-refractivity contribution is -0.00298. The molecule has 0 aromatic heterocycles. The van der Waals surface area contributed by atoms with Gasteiger partial charge in [0.15, 0.2) is 0 Å². The van der Waals surface area contributed by atoms with Crippen molar-refractivity contribution in [2.75, 3.05) is 19.6 Å². The first kappa shape index (κ1) is 9.96. The third-order valence-electron chi connectivity index (χ3n) is 2.87. The molecule has 1 aliphatic heterocycles. The van der Waals surface area contributed by atoms with Gasteiger partial charge >= 0.3 is 0 Å². The normalized spacial score (nSPS) is 28.8. The van der Waals surface area contributed by atoms with Gasteiger partial charge in [-0.2, -0.15) is 0 Å². The third kappa shape index (κ3) is 2.44. The summed E-state index contributed by atoms with van der Waals surface area (Å²) in [5.41, 5.74) is 0. The minimum atomic E-state index is 0.208. The topological polar surface area (TPSA) is 38.5 Å². The fourth-order valence-electron chi connectivity index (χ4n) is 1.87. The number of likely N-dealkylation sites (tertiary alicyclic amines) is 1. The number of hydrogen-bond donors (Lipinski definition) is 1. The van der Waals surface area contributed by atoms with Crippen molar-refractivity contribution in [3.8, 4) is 0 Å². The van der Waals surface area contributed by atoms with E-state index in [1.807, 2.05) is 0 Å². The molecule has 0 radical (unpaired) electrons. The number of piperidine rings is 1. The summed E-state index contributed by atoms with van der Waals surface area (Å²) in [6.07, 6.45) is 2.75. The van der Waals surface area contributed by atoms with Gasteiger partial charge in [-0.1, -0.05) is 6.92 Å². The second kappa shape index (κ2) is 4.80. The maximum Gasteiger partial charge on any atom is 0.0799 e. The van der Waals surface area contributed by atoms with E-state index in [9.17, 15) is 0 Å². The van der Waals surface area contributed by atoms with Crippen molar-refractivity contribution in [2.24, 2.45) is 11.8 Å². The summed E-state index contributed by atoms with van der Waals surface area (Å²) in [6.45, 7) is 7.80. The van der Waals surface area contributed by atoms with Gasteiger partial charge in [-0.25, -0.2) is 5.90 Å². The van der Waals surface area contributed by atoms with Gasteiger partial charge < -0.3 is 9.74 Å². The SMILES string of the molecule is CCN1CCCC(C(C)ON)C1. The van der Waals surface area contributed by atoms with E-state index in [-0.39, 0.29) is 6.10 Å². The van der Waals surface area contributed by atoms with Gasteiger partial charge in [0.25, 0.3) is 0 Å². The molecule has 3 nitrogen and oxygen atoms in total. The fraction of sp³-hybridized carbons (Fsp3) is 1.00. The van der Waals surface area contributed by atoms with E-state index in [1.165, 1.54) is 19.4 Å². The maximum atomic E-state index is 5.17. The van der Waals surface area contributed by atoms with Gasteiger partial charge in [0.1, 0.15) is 0 Å². The highest BCUT2D eigenvalue weighted by Crippen LogP contribution is 2.20. The van der Waals surface area contributed by atoms with Gasteiger partial charge in [0.2, 0.25) is 0 Å². The highest BCUT2D eigenvalue weighted by molar-refractivity contribution is 4.75.